The molecule has 11 nitrogen and oxygen atoms in total. The van der Waals surface area contributed by atoms with E-state index in [1.54, 1.807) is 0 Å². The summed E-state index contributed by atoms with van der Waals surface area (Å²) in [6.07, 6.45) is 7.29. The molecule has 0 radical (unpaired) electrons. The number of carbonyl (C=O) groups is 3. The Morgan fingerprint density at radius 2 is 1.20 bits per heavy atom. The first-order chi connectivity index (χ1) is 22.0. The zero-order chi connectivity index (χ0) is 33.1. The van der Waals surface area contributed by atoms with E-state index in [9.17, 15) is 14.4 Å². The van der Waals surface area contributed by atoms with E-state index in [0.717, 1.165) is 82.3 Å². The average molecular weight is 665 g/mol. The molecule has 2 aliphatic rings. The van der Waals surface area contributed by atoms with Crippen LogP contribution in [0.15, 0.2) is 12.1 Å². The lowest BCUT2D eigenvalue weighted by Gasteiger charge is -2.31. The van der Waals surface area contributed by atoms with Gasteiger partial charge in [0.15, 0.2) is 0 Å². The van der Waals surface area contributed by atoms with Crippen LogP contribution in [-0.2, 0) is 17.6 Å². The summed E-state index contributed by atoms with van der Waals surface area (Å²) in [4.78, 5) is 50.9. The number of piperidine rings is 2. The Morgan fingerprint density at radius 1 is 0.783 bits per heavy atom. The van der Waals surface area contributed by atoms with Crippen molar-refractivity contribution in [1.29, 1.82) is 0 Å². The van der Waals surface area contributed by atoms with Gasteiger partial charge >= 0.3 is 0 Å². The topological polar surface area (TPSA) is 188 Å². The number of ketones is 1. The first kappa shape index (κ1) is 33.4. The standard InChI is InChI=1S/C17H24N4OS.C16H20N4O2S/c1-3-4-11-9-12(21-7-5-10(2)6-8-21)20-17-13(11)14(18)15(23-17)16(19)22;1-2-3-9-8-11(20-6-4-10(21)5-7-20)19-16-12(9)13(17)14(23-16)15(18)22/h9-10H,3-8,18H2,1-2H3,(H2,19,22);8H,2-7,17H2,1H3,(H2,18,22). The highest BCUT2D eigenvalue weighted by Gasteiger charge is 2.24. The van der Waals surface area contributed by atoms with E-state index >= 15 is 0 Å². The molecule has 2 aliphatic heterocycles. The number of anilines is 4. The minimum Gasteiger partial charge on any atom is -0.397 e. The van der Waals surface area contributed by atoms with Crippen LogP contribution in [0.5, 0.6) is 0 Å². The number of hydrogen-bond acceptors (Lipinski definition) is 11. The lowest BCUT2D eigenvalue weighted by Crippen LogP contribution is -2.34. The van der Waals surface area contributed by atoms with Crippen LogP contribution in [0.1, 0.15) is 89.8 Å². The molecule has 0 aromatic carbocycles. The molecule has 8 N–H and O–H groups in total. The third-order valence-electron chi connectivity index (χ3n) is 8.77. The quantitative estimate of drug-likeness (QED) is 0.195. The van der Waals surface area contributed by atoms with Crippen LogP contribution < -0.4 is 32.7 Å². The summed E-state index contributed by atoms with van der Waals surface area (Å²) >= 11 is 2.56. The maximum Gasteiger partial charge on any atom is 0.260 e. The van der Waals surface area contributed by atoms with E-state index in [2.05, 4.69) is 41.6 Å². The van der Waals surface area contributed by atoms with Gasteiger partial charge in [0, 0.05) is 49.8 Å². The number of Topliss-reactive ketones (excluding diaryl/α,β-unsaturated/α-hetero) is 1. The van der Waals surface area contributed by atoms with Gasteiger partial charge < -0.3 is 32.7 Å². The van der Waals surface area contributed by atoms with Crippen molar-refractivity contribution in [2.75, 3.05) is 47.4 Å². The highest BCUT2D eigenvalue weighted by atomic mass is 32.1. The molecule has 0 unspecified atom stereocenters. The first-order valence-corrected chi connectivity index (χ1v) is 17.7. The molecule has 0 saturated carbocycles. The fourth-order valence-corrected chi connectivity index (χ4v) is 8.19. The van der Waals surface area contributed by atoms with Gasteiger partial charge in [0.2, 0.25) is 0 Å². The van der Waals surface area contributed by atoms with Gasteiger partial charge in [-0.05, 0) is 54.9 Å². The van der Waals surface area contributed by atoms with Crippen LogP contribution in [0.3, 0.4) is 0 Å². The summed E-state index contributed by atoms with van der Waals surface area (Å²) in [6, 6.07) is 4.19. The molecule has 4 aromatic heterocycles. The van der Waals surface area contributed by atoms with Crippen molar-refractivity contribution in [3.8, 4) is 0 Å². The number of nitrogen functional groups attached to an aromatic ring is 2. The maximum absolute atomic E-state index is 11.6. The molecule has 2 fully saturated rings. The Bertz CT molecular complexity index is 1760. The van der Waals surface area contributed by atoms with Crippen molar-refractivity contribution in [1.82, 2.24) is 9.97 Å². The normalized spacial score (nSPS) is 15.8. The van der Waals surface area contributed by atoms with Crippen LogP contribution in [0.2, 0.25) is 0 Å². The Kier molecular flexibility index (Phi) is 10.3. The summed E-state index contributed by atoms with van der Waals surface area (Å²) in [5.74, 6) is 1.95. The minimum absolute atomic E-state index is 0.299. The molecular weight excluding hydrogens is 621 g/mol. The molecule has 6 heterocycles. The van der Waals surface area contributed by atoms with Gasteiger partial charge in [0.1, 0.15) is 36.8 Å². The van der Waals surface area contributed by atoms with Gasteiger partial charge in [0.05, 0.1) is 11.4 Å². The number of hydrogen-bond donors (Lipinski definition) is 4. The van der Waals surface area contributed by atoms with Gasteiger partial charge in [-0.3, -0.25) is 14.4 Å². The number of aryl methyl sites for hydroxylation is 2. The second-order valence-electron chi connectivity index (χ2n) is 12.3. The van der Waals surface area contributed by atoms with Gasteiger partial charge in [-0.15, -0.1) is 22.7 Å². The van der Waals surface area contributed by atoms with Gasteiger partial charge in [-0.1, -0.05) is 33.6 Å². The van der Waals surface area contributed by atoms with Crippen molar-refractivity contribution in [2.45, 2.75) is 72.1 Å². The highest BCUT2D eigenvalue weighted by molar-refractivity contribution is 7.21. The SMILES string of the molecule is CCCc1cc(N2CCC(=O)CC2)nc2sc(C(N)=O)c(N)c12.CCCc1cc(N2CCC(C)CC2)nc2sc(C(N)=O)c(N)c12. The van der Waals surface area contributed by atoms with E-state index in [1.807, 2.05) is 6.07 Å². The predicted molar refractivity (Wildman–Crippen MR) is 190 cm³/mol. The summed E-state index contributed by atoms with van der Waals surface area (Å²) in [7, 11) is 0. The van der Waals surface area contributed by atoms with Crippen LogP contribution in [0.25, 0.3) is 20.4 Å². The summed E-state index contributed by atoms with van der Waals surface area (Å²) in [6.45, 7) is 9.99. The third-order valence-corrected chi connectivity index (χ3v) is 11.0. The zero-order valence-corrected chi connectivity index (χ0v) is 28.5. The Labute approximate surface area is 277 Å². The van der Waals surface area contributed by atoms with Gasteiger partial charge in [0.25, 0.3) is 11.8 Å². The molecule has 0 spiro atoms. The maximum atomic E-state index is 11.6. The Hall–Kier alpha value is -3.97. The fraction of sp³-hybridized carbons (Fsp3) is 0.485. The molecular formula is C33H44N8O3S2. The van der Waals surface area contributed by atoms with Crippen LogP contribution in [0, 0.1) is 5.92 Å². The average Bonchev–Trinajstić information content (AvgIpc) is 3.55. The third kappa shape index (κ3) is 6.90. The van der Waals surface area contributed by atoms with E-state index in [0.29, 0.717) is 52.8 Å². The summed E-state index contributed by atoms with van der Waals surface area (Å²) in [5.41, 5.74) is 26.4. The van der Waals surface area contributed by atoms with Crippen LogP contribution in [-0.4, -0.2) is 53.7 Å². The number of fused-ring (bicyclic) bond motifs is 2. The molecule has 0 bridgehead atoms. The molecule has 46 heavy (non-hydrogen) atoms. The monoisotopic (exact) mass is 664 g/mol. The van der Waals surface area contributed by atoms with E-state index in [-0.39, 0.29) is 0 Å². The number of carbonyl (C=O) groups excluding carboxylic acids is 3. The van der Waals surface area contributed by atoms with Crippen molar-refractivity contribution < 1.29 is 14.4 Å². The van der Waals surface area contributed by atoms with Crippen molar-refractivity contribution in [3.63, 3.8) is 0 Å². The van der Waals surface area contributed by atoms with Crippen molar-refractivity contribution >= 4 is 83.7 Å². The molecule has 2 saturated heterocycles. The fourth-order valence-electron chi connectivity index (χ4n) is 6.22. The lowest BCUT2D eigenvalue weighted by atomic mass is 9.99. The molecule has 0 atom stereocenters. The van der Waals surface area contributed by atoms with Crippen LogP contribution >= 0.6 is 22.7 Å². The molecule has 246 valence electrons. The van der Waals surface area contributed by atoms with Crippen LogP contribution in [0.4, 0.5) is 23.0 Å². The molecule has 4 aromatic rings. The summed E-state index contributed by atoms with van der Waals surface area (Å²) < 4.78 is 0. The highest BCUT2D eigenvalue weighted by Crippen LogP contribution is 2.39. The number of aromatic nitrogens is 2. The van der Waals surface area contributed by atoms with Gasteiger partial charge in [-0.2, -0.15) is 0 Å². The second kappa shape index (κ2) is 14.2. The summed E-state index contributed by atoms with van der Waals surface area (Å²) in [5, 5.41) is 1.77. The second-order valence-corrected chi connectivity index (χ2v) is 14.3. The Balaban J connectivity index is 0.000000181. The van der Waals surface area contributed by atoms with Crippen molar-refractivity contribution in [3.05, 3.63) is 33.0 Å². The minimum atomic E-state index is -0.516. The number of nitrogens with two attached hydrogens (primary N) is 4. The number of nitrogens with zero attached hydrogens (tertiary/aromatic N) is 4. The van der Waals surface area contributed by atoms with E-state index in [4.69, 9.17) is 27.9 Å². The predicted octanol–water partition coefficient (Wildman–Crippen LogP) is 5.27. The molecule has 2 amide bonds. The number of thiophene rings is 2. The van der Waals surface area contributed by atoms with E-state index < -0.39 is 11.8 Å². The number of amides is 2. The number of rotatable bonds is 8. The Morgan fingerprint density at radius 3 is 1.59 bits per heavy atom. The van der Waals surface area contributed by atoms with E-state index in [1.165, 1.54) is 41.1 Å². The van der Waals surface area contributed by atoms with Crippen molar-refractivity contribution in [2.24, 2.45) is 17.4 Å². The van der Waals surface area contributed by atoms with Gasteiger partial charge in [-0.25, -0.2) is 9.97 Å². The molecule has 0 aliphatic carbocycles. The number of primary amides is 2. The molecule has 6 rings (SSSR count). The zero-order valence-electron chi connectivity index (χ0n) is 26.9. The lowest BCUT2D eigenvalue weighted by molar-refractivity contribution is -0.119. The number of pyridine rings is 2. The largest absolute Gasteiger partial charge is 0.397 e. The first-order valence-electron chi connectivity index (χ1n) is 16.1. The smallest absolute Gasteiger partial charge is 0.260 e. The molecule has 13 heteroatoms.